The lowest BCUT2D eigenvalue weighted by molar-refractivity contribution is 0.285. The molecule has 4 nitrogen and oxygen atoms in total. The maximum atomic E-state index is 10.9. The summed E-state index contributed by atoms with van der Waals surface area (Å²) in [6.07, 6.45) is 2.87. The minimum atomic E-state index is 0.241. The predicted octanol–water partition coefficient (Wildman–Crippen LogP) is 4.20. The quantitative estimate of drug-likeness (QED) is 0.544. The summed E-state index contributed by atoms with van der Waals surface area (Å²) in [6, 6.07) is 5.86. The van der Waals surface area contributed by atoms with Crippen LogP contribution in [0.15, 0.2) is 23.4 Å². The molecule has 0 aliphatic carbocycles. The highest BCUT2D eigenvalue weighted by molar-refractivity contribution is 5.59. The van der Waals surface area contributed by atoms with E-state index in [9.17, 15) is 4.91 Å². The zero-order valence-corrected chi connectivity index (χ0v) is 12.8. The molecule has 0 spiro atoms. The van der Waals surface area contributed by atoms with E-state index in [2.05, 4.69) is 36.9 Å². The molecule has 20 heavy (non-hydrogen) atoms. The lowest BCUT2D eigenvalue weighted by atomic mass is 10.00. The molecule has 0 saturated carbocycles. The lowest BCUT2D eigenvalue weighted by Gasteiger charge is -2.25. The van der Waals surface area contributed by atoms with Gasteiger partial charge in [-0.3, -0.25) is 0 Å². The Labute approximate surface area is 121 Å². The van der Waals surface area contributed by atoms with Gasteiger partial charge in [0.25, 0.3) is 0 Å². The summed E-state index contributed by atoms with van der Waals surface area (Å²) in [7, 11) is 0. The second-order valence-corrected chi connectivity index (χ2v) is 5.41. The molecule has 0 bridgehead atoms. The first-order chi connectivity index (χ1) is 9.63. The first kappa shape index (κ1) is 16.6. The molecule has 1 rings (SSSR count). The molecule has 0 aliphatic heterocycles. The number of hydrogen-bond acceptors (Lipinski definition) is 4. The second-order valence-electron chi connectivity index (χ2n) is 5.41. The summed E-state index contributed by atoms with van der Waals surface area (Å²) < 4.78 is 0. The van der Waals surface area contributed by atoms with Crippen molar-refractivity contribution in [1.29, 1.82) is 0 Å². The summed E-state index contributed by atoms with van der Waals surface area (Å²) >= 11 is 0. The molecule has 0 saturated heterocycles. The monoisotopic (exact) mass is 278 g/mol. The van der Waals surface area contributed by atoms with E-state index in [4.69, 9.17) is 5.11 Å². The van der Waals surface area contributed by atoms with Crippen LogP contribution in [0.3, 0.4) is 0 Å². The van der Waals surface area contributed by atoms with Crippen molar-refractivity contribution in [2.75, 3.05) is 24.6 Å². The first-order valence-corrected chi connectivity index (χ1v) is 7.47. The van der Waals surface area contributed by atoms with Gasteiger partial charge in [-0.2, -0.15) is 0 Å². The summed E-state index contributed by atoms with van der Waals surface area (Å²) in [5.74, 6) is 0.281. The van der Waals surface area contributed by atoms with E-state index in [0.717, 1.165) is 43.6 Å². The average Bonchev–Trinajstić information content (AvgIpc) is 2.45. The third-order valence-corrected chi connectivity index (χ3v) is 3.43. The van der Waals surface area contributed by atoms with E-state index in [1.807, 2.05) is 12.1 Å². The largest absolute Gasteiger partial charge is 0.396 e. The fourth-order valence-electron chi connectivity index (χ4n) is 2.34. The van der Waals surface area contributed by atoms with Gasteiger partial charge in [-0.05, 0) is 54.1 Å². The number of unbranched alkanes of at least 4 members (excludes halogenated alkanes) is 1. The van der Waals surface area contributed by atoms with E-state index >= 15 is 0 Å². The van der Waals surface area contributed by atoms with Crippen LogP contribution in [0, 0.1) is 4.91 Å². The first-order valence-electron chi connectivity index (χ1n) is 7.47. The Morgan fingerprint density at radius 2 is 2.00 bits per heavy atom. The van der Waals surface area contributed by atoms with Crippen LogP contribution in [0.5, 0.6) is 0 Å². The van der Waals surface area contributed by atoms with Gasteiger partial charge < -0.3 is 10.0 Å². The maximum Gasteiger partial charge on any atom is 0.111 e. The minimum Gasteiger partial charge on any atom is -0.396 e. The molecule has 0 radical (unpaired) electrons. The molecule has 1 aromatic carbocycles. The number of aliphatic hydroxyl groups excluding tert-OH is 1. The minimum absolute atomic E-state index is 0.241. The SMILES string of the molecule is CCCN(CCCCO)c1ccc(N=O)c(C(C)C)c1. The van der Waals surface area contributed by atoms with Gasteiger partial charge in [0.1, 0.15) is 5.69 Å². The Morgan fingerprint density at radius 1 is 1.25 bits per heavy atom. The molecule has 0 amide bonds. The number of anilines is 1. The summed E-state index contributed by atoms with van der Waals surface area (Å²) in [6.45, 7) is 8.46. The number of benzene rings is 1. The van der Waals surface area contributed by atoms with Gasteiger partial charge in [-0.1, -0.05) is 20.8 Å². The number of rotatable bonds is 9. The zero-order valence-electron chi connectivity index (χ0n) is 12.8. The van der Waals surface area contributed by atoms with Crippen LogP contribution >= 0.6 is 0 Å². The van der Waals surface area contributed by atoms with Gasteiger partial charge in [0.05, 0.1) is 0 Å². The van der Waals surface area contributed by atoms with E-state index in [-0.39, 0.29) is 12.5 Å². The van der Waals surface area contributed by atoms with Gasteiger partial charge >= 0.3 is 0 Å². The van der Waals surface area contributed by atoms with Crippen molar-refractivity contribution in [3.05, 3.63) is 28.7 Å². The van der Waals surface area contributed by atoms with Gasteiger partial charge in [0.15, 0.2) is 0 Å². The van der Waals surface area contributed by atoms with Crippen molar-refractivity contribution in [2.24, 2.45) is 5.18 Å². The molecule has 0 unspecified atom stereocenters. The number of nitroso groups, excluding NO2 is 1. The number of aliphatic hydroxyl groups is 1. The van der Waals surface area contributed by atoms with Crippen molar-refractivity contribution in [3.63, 3.8) is 0 Å². The van der Waals surface area contributed by atoms with Crippen LogP contribution < -0.4 is 4.90 Å². The molecule has 4 heteroatoms. The van der Waals surface area contributed by atoms with Gasteiger partial charge in [-0.25, -0.2) is 0 Å². The smallest absolute Gasteiger partial charge is 0.111 e. The highest BCUT2D eigenvalue weighted by atomic mass is 16.3. The maximum absolute atomic E-state index is 10.9. The van der Waals surface area contributed by atoms with Gasteiger partial charge in [0.2, 0.25) is 0 Å². The van der Waals surface area contributed by atoms with Gasteiger partial charge in [-0.15, -0.1) is 4.91 Å². The molecular weight excluding hydrogens is 252 g/mol. The standard InChI is InChI=1S/C16H26N2O2/c1-4-9-18(10-5-6-11-19)14-7-8-16(17-20)15(12-14)13(2)3/h7-8,12-13,19H,4-6,9-11H2,1-3H3. The highest BCUT2D eigenvalue weighted by Crippen LogP contribution is 2.31. The molecular formula is C16H26N2O2. The molecule has 0 aromatic heterocycles. The Balaban J connectivity index is 2.94. The van der Waals surface area contributed by atoms with Crippen molar-refractivity contribution in [3.8, 4) is 0 Å². The molecule has 0 heterocycles. The Morgan fingerprint density at radius 3 is 2.55 bits per heavy atom. The van der Waals surface area contributed by atoms with Crippen LogP contribution in [-0.4, -0.2) is 24.8 Å². The third kappa shape index (κ3) is 4.60. The Kier molecular flexibility index (Phi) is 7.23. The van der Waals surface area contributed by atoms with E-state index in [0.29, 0.717) is 5.69 Å². The summed E-state index contributed by atoms with van der Waals surface area (Å²) in [5, 5.41) is 12.0. The predicted molar refractivity (Wildman–Crippen MR) is 84.8 cm³/mol. The zero-order chi connectivity index (χ0) is 15.0. The third-order valence-electron chi connectivity index (χ3n) is 3.43. The fourth-order valence-corrected chi connectivity index (χ4v) is 2.34. The molecule has 112 valence electrons. The number of hydrogen-bond donors (Lipinski definition) is 1. The van der Waals surface area contributed by atoms with E-state index < -0.39 is 0 Å². The molecule has 1 N–H and O–H groups in total. The lowest BCUT2D eigenvalue weighted by Crippen LogP contribution is -2.25. The van der Waals surface area contributed by atoms with Crippen LogP contribution in [0.1, 0.15) is 51.5 Å². The van der Waals surface area contributed by atoms with Crippen LogP contribution in [0.25, 0.3) is 0 Å². The second kappa shape index (κ2) is 8.69. The molecule has 0 aliphatic rings. The van der Waals surface area contributed by atoms with Gasteiger partial charge in [0, 0.05) is 25.4 Å². The van der Waals surface area contributed by atoms with Crippen LogP contribution in [-0.2, 0) is 0 Å². The number of nitrogens with zero attached hydrogens (tertiary/aromatic N) is 2. The molecule has 1 aromatic rings. The Bertz CT molecular complexity index is 419. The van der Waals surface area contributed by atoms with E-state index in [1.54, 1.807) is 0 Å². The van der Waals surface area contributed by atoms with E-state index in [1.165, 1.54) is 0 Å². The van der Waals surface area contributed by atoms with Crippen molar-refractivity contribution >= 4 is 11.4 Å². The van der Waals surface area contributed by atoms with Crippen molar-refractivity contribution < 1.29 is 5.11 Å². The topological polar surface area (TPSA) is 52.9 Å². The Hall–Kier alpha value is -1.42. The molecule has 0 fully saturated rings. The van der Waals surface area contributed by atoms with Crippen LogP contribution in [0.4, 0.5) is 11.4 Å². The molecule has 0 atom stereocenters. The summed E-state index contributed by atoms with van der Waals surface area (Å²) in [4.78, 5) is 13.2. The fraction of sp³-hybridized carbons (Fsp3) is 0.625. The normalized spacial score (nSPS) is 10.8. The van der Waals surface area contributed by atoms with Crippen LogP contribution in [0.2, 0.25) is 0 Å². The summed E-state index contributed by atoms with van der Waals surface area (Å²) in [5.41, 5.74) is 2.68. The van der Waals surface area contributed by atoms with Crippen molar-refractivity contribution in [2.45, 2.75) is 46.0 Å². The van der Waals surface area contributed by atoms with Crippen molar-refractivity contribution in [1.82, 2.24) is 0 Å². The average molecular weight is 278 g/mol. The highest BCUT2D eigenvalue weighted by Gasteiger charge is 2.12.